The van der Waals surface area contributed by atoms with E-state index in [0.717, 1.165) is 6.54 Å². The van der Waals surface area contributed by atoms with Crippen LogP contribution in [0.1, 0.15) is 0 Å². The van der Waals surface area contributed by atoms with Crippen molar-refractivity contribution in [3.05, 3.63) is 0 Å². The van der Waals surface area contributed by atoms with Crippen LogP contribution < -0.4 is 4.72 Å². The molecule has 0 aromatic heterocycles. The molecule has 0 atom stereocenters. The molecule has 2 nitrogen and oxygen atoms in total. The average molecular weight is 104 g/mol. The van der Waals surface area contributed by atoms with Crippen molar-refractivity contribution in [1.29, 1.82) is 0 Å². The van der Waals surface area contributed by atoms with Gasteiger partial charge in [-0.3, -0.25) is 0 Å². The second kappa shape index (κ2) is 1.82. The number of nitrogens with one attached hydrogen (secondary N) is 1. The van der Waals surface area contributed by atoms with Gasteiger partial charge in [-0.15, -0.1) is 0 Å². The zero-order valence-corrected chi connectivity index (χ0v) is 4.59. The summed E-state index contributed by atoms with van der Waals surface area (Å²) in [6.07, 6.45) is 0. The quantitative estimate of drug-likeness (QED) is 0.438. The van der Waals surface area contributed by atoms with E-state index in [4.69, 9.17) is 0 Å². The van der Waals surface area contributed by atoms with Crippen LogP contribution in [0.2, 0.25) is 0 Å². The number of hydrogen-bond donors (Lipinski definition) is 1. The monoisotopic (exact) mass is 104 g/mol. The summed E-state index contributed by atoms with van der Waals surface area (Å²) >= 11 is 1.68. The molecule has 0 spiro atoms. The molecule has 1 aliphatic rings. The Morgan fingerprint density at radius 1 is 1.83 bits per heavy atom. The van der Waals surface area contributed by atoms with E-state index in [2.05, 4.69) is 16.1 Å². The minimum Gasteiger partial charge on any atom is -0.249 e. The number of hydrogen-bond acceptors (Lipinski definition) is 3. The normalized spacial score (nSPS) is 25.5. The predicted molar refractivity (Wildman–Crippen MR) is 28.2 cm³/mol. The zero-order chi connectivity index (χ0) is 4.41. The van der Waals surface area contributed by atoms with Gasteiger partial charge in [0.1, 0.15) is 0 Å². The van der Waals surface area contributed by atoms with E-state index in [-0.39, 0.29) is 0 Å². The van der Waals surface area contributed by atoms with Crippen molar-refractivity contribution >= 4 is 12.1 Å². The molecule has 0 radical (unpaired) electrons. The maximum Gasteiger partial charge on any atom is 0.0233 e. The lowest BCUT2D eigenvalue weighted by Gasteiger charge is -1.97. The number of likely N-dealkylation sites (N-methyl/N-ethyl adjacent to an activating group) is 1. The first kappa shape index (κ1) is 4.43. The second-order valence-corrected chi connectivity index (χ2v) is 2.43. The third-order valence-electron chi connectivity index (χ3n) is 0.749. The summed E-state index contributed by atoms with van der Waals surface area (Å²) in [6, 6.07) is 0. The molecule has 36 valence electrons. The van der Waals surface area contributed by atoms with Gasteiger partial charge in [0, 0.05) is 25.2 Å². The number of nitrogens with zero attached hydrogens (tertiary/aromatic N) is 1. The molecule has 1 saturated heterocycles. The van der Waals surface area contributed by atoms with Crippen molar-refractivity contribution in [2.45, 2.75) is 0 Å². The Morgan fingerprint density at radius 2 is 2.67 bits per heavy atom. The van der Waals surface area contributed by atoms with E-state index in [1.165, 1.54) is 6.54 Å². The summed E-state index contributed by atoms with van der Waals surface area (Å²) < 4.78 is 5.28. The van der Waals surface area contributed by atoms with E-state index in [1.54, 1.807) is 12.1 Å². The molecule has 0 bridgehead atoms. The minimum absolute atomic E-state index is 1.13. The van der Waals surface area contributed by atoms with Gasteiger partial charge in [-0.25, -0.2) is 9.03 Å². The molecule has 0 amide bonds. The van der Waals surface area contributed by atoms with E-state index in [1.807, 2.05) is 0 Å². The lowest BCUT2D eigenvalue weighted by atomic mass is 10.7. The Bertz CT molecular complexity index is 42.1. The lowest BCUT2D eigenvalue weighted by molar-refractivity contribution is 0.611. The van der Waals surface area contributed by atoms with Gasteiger partial charge >= 0.3 is 0 Å². The summed E-state index contributed by atoms with van der Waals surface area (Å²) in [5.41, 5.74) is 0. The van der Waals surface area contributed by atoms with E-state index in [0.29, 0.717) is 0 Å². The highest BCUT2D eigenvalue weighted by atomic mass is 32.2. The maximum atomic E-state index is 3.11. The Balaban J connectivity index is 2.18. The molecule has 0 saturated carbocycles. The van der Waals surface area contributed by atoms with Gasteiger partial charge in [0.15, 0.2) is 0 Å². The predicted octanol–water partition coefficient (Wildman–Crippen LogP) is 0.0846. The Kier molecular flexibility index (Phi) is 1.34. The van der Waals surface area contributed by atoms with Crippen LogP contribution in [0, 0.1) is 0 Å². The third kappa shape index (κ3) is 0.864. The molecule has 1 fully saturated rings. The molecular weight excluding hydrogens is 96.1 g/mol. The second-order valence-electron chi connectivity index (χ2n) is 1.34. The van der Waals surface area contributed by atoms with Gasteiger partial charge < -0.3 is 0 Å². The van der Waals surface area contributed by atoms with Crippen LogP contribution in [-0.2, 0) is 0 Å². The SMILES string of the molecule is CN1CCNS1. The standard InChI is InChI=1S/C3H8N2S/c1-5-3-2-4-6-5/h4H,2-3H2,1H3. The van der Waals surface area contributed by atoms with Crippen LogP contribution in [-0.4, -0.2) is 24.4 Å². The average Bonchev–Trinajstić information content (AvgIpc) is 1.86. The van der Waals surface area contributed by atoms with Crippen molar-refractivity contribution in [3.8, 4) is 0 Å². The Hall–Kier alpha value is 0.270. The fourth-order valence-corrected chi connectivity index (χ4v) is 0.990. The molecule has 0 aromatic carbocycles. The highest BCUT2D eigenvalue weighted by Gasteiger charge is 2.03. The van der Waals surface area contributed by atoms with Gasteiger partial charge in [0.25, 0.3) is 0 Å². The molecule has 0 aliphatic carbocycles. The van der Waals surface area contributed by atoms with Crippen LogP contribution in [0.3, 0.4) is 0 Å². The highest BCUT2D eigenvalue weighted by Crippen LogP contribution is 2.04. The molecule has 6 heavy (non-hydrogen) atoms. The smallest absolute Gasteiger partial charge is 0.0233 e. The van der Waals surface area contributed by atoms with E-state index in [9.17, 15) is 0 Å². The maximum absolute atomic E-state index is 3.11. The first-order chi connectivity index (χ1) is 2.89. The van der Waals surface area contributed by atoms with Crippen LogP contribution >= 0.6 is 12.1 Å². The van der Waals surface area contributed by atoms with Crippen molar-refractivity contribution in [3.63, 3.8) is 0 Å². The minimum atomic E-state index is 1.13. The molecule has 1 N–H and O–H groups in total. The fraction of sp³-hybridized carbons (Fsp3) is 1.00. The van der Waals surface area contributed by atoms with Crippen molar-refractivity contribution < 1.29 is 0 Å². The van der Waals surface area contributed by atoms with Gasteiger partial charge in [-0.2, -0.15) is 0 Å². The van der Waals surface area contributed by atoms with E-state index >= 15 is 0 Å². The summed E-state index contributed by atoms with van der Waals surface area (Å²) in [4.78, 5) is 0. The summed E-state index contributed by atoms with van der Waals surface area (Å²) in [7, 11) is 2.07. The summed E-state index contributed by atoms with van der Waals surface area (Å²) in [6.45, 7) is 2.30. The molecular formula is C3H8N2S. The van der Waals surface area contributed by atoms with E-state index < -0.39 is 0 Å². The van der Waals surface area contributed by atoms with Gasteiger partial charge in [0.05, 0.1) is 0 Å². The first-order valence-corrected chi connectivity index (χ1v) is 2.78. The molecule has 0 unspecified atom stereocenters. The molecule has 1 aliphatic heterocycles. The topological polar surface area (TPSA) is 15.3 Å². The zero-order valence-electron chi connectivity index (χ0n) is 3.77. The molecule has 1 heterocycles. The summed E-state index contributed by atoms with van der Waals surface area (Å²) in [5.74, 6) is 0. The van der Waals surface area contributed by atoms with Gasteiger partial charge in [0.2, 0.25) is 0 Å². The van der Waals surface area contributed by atoms with Gasteiger partial charge in [-0.1, -0.05) is 0 Å². The van der Waals surface area contributed by atoms with Crippen LogP contribution in [0.4, 0.5) is 0 Å². The highest BCUT2D eigenvalue weighted by molar-refractivity contribution is 7.95. The lowest BCUT2D eigenvalue weighted by Crippen LogP contribution is -2.03. The molecule has 3 heteroatoms. The number of rotatable bonds is 0. The van der Waals surface area contributed by atoms with Crippen LogP contribution in [0.5, 0.6) is 0 Å². The molecule has 0 aromatic rings. The van der Waals surface area contributed by atoms with Crippen molar-refractivity contribution in [2.24, 2.45) is 0 Å². The summed E-state index contributed by atoms with van der Waals surface area (Å²) in [5, 5.41) is 0. The van der Waals surface area contributed by atoms with Gasteiger partial charge in [-0.05, 0) is 7.05 Å². The fourth-order valence-electron chi connectivity index (χ4n) is 0.405. The Morgan fingerprint density at radius 3 is 2.83 bits per heavy atom. The first-order valence-electron chi connectivity index (χ1n) is 2.00. The van der Waals surface area contributed by atoms with Crippen molar-refractivity contribution in [1.82, 2.24) is 9.03 Å². The van der Waals surface area contributed by atoms with Crippen molar-refractivity contribution in [2.75, 3.05) is 20.1 Å². The third-order valence-corrected chi connectivity index (χ3v) is 1.58. The Labute approximate surface area is 42.2 Å². The van der Waals surface area contributed by atoms with Crippen LogP contribution in [0.15, 0.2) is 0 Å². The molecule has 1 rings (SSSR count). The largest absolute Gasteiger partial charge is 0.249 e. The van der Waals surface area contributed by atoms with Crippen LogP contribution in [0.25, 0.3) is 0 Å².